The summed E-state index contributed by atoms with van der Waals surface area (Å²) in [6.45, 7) is 3.26. The second-order valence-electron chi connectivity index (χ2n) is 7.53. The maximum Gasteiger partial charge on any atom is 0.322 e. The third kappa shape index (κ3) is 6.99. The van der Waals surface area contributed by atoms with Gasteiger partial charge in [0.25, 0.3) is 0 Å². The number of furan rings is 1. The normalized spacial score (nSPS) is 10.6. The van der Waals surface area contributed by atoms with Crippen LogP contribution in [0.3, 0.4) is 0 Å². The molecular formula is C25H29N3O4. The number of carbonyl (C=O) groups is 2. The highest BCUT2D eigenvalue weighted by atomic mass is 16.5. The predicted molar refractivity (Wildman–Crippen MR) is 123 cm³/mol. The van der Waals surface area contributed by atoms with E-state index >= 15 is 0 Å². The molecule has 0 saturated carbocycles. The fraction of sp³-hybridized carbons (Fsp3) is 0.280. The Balaban J connectivity index is 1.72. The zero-order valence-corrected chi connectivity index (χ0v) is 18.5. The highest BCUT2D eigenvalue weighted by molar-refractivity contribution is 5.92. The average Bonchev–Trinajstić information content (AvgIpc) is 3.31. The molecule has 32 heavy (non-hydrogen) atoms. The monoisotopic (exact) mass is 435 g/mol. The molecule has 7 heteroatoms. The Kier molecular flexibility index (Phi) is 8.45. The second-order valence-corrected chi connectivity index (χ2v) is 7.53. The smallest absolute Gasteiger partial charge is 0.322 e. The van der Waals surface area contributed by atoms with Crippen LogP contribution < -0.4 is 5.32 Å². The van der Waals surface area contributed by atoms with E-state index in [4.69, 9.17) is 9.15 Å². The molecule has 0 radical (unpaired) electrons. The molecule has 1 aromatic heterocycles. The van der Waals surface area contributed by atoms with E-state index in [1.807, 2.05) is 67.6 Å². The van der Waals surface area contributed by atoms with Gasteiger partial charge in [-0.1, -0.05) is 48.0 Å². The first-order valence-electron chi connectivity index (χ1n) is 10.5. The summed E-state index contributed by atoms with van der Waals surface area (Å²) >= 11 is 0. The fourth-order valence-corrected chi connectivity index (χ4v) is 3.18. The van der Waals surface area contributed by atoms with E-state index in [0.717, 1.165) is 11.1 Å². The SMILES string of the molecule is COCCN(CC(=O)N(Cc1ccccc1)Cc1ccco1)C(=O)Nc1ccc(C)cc1. The number of urea groups is 1. The van der Waals surface area contributed by atoms with Crippen LogP contribution in [-0.4, -0.2) is 48.5 Å². The van der Waals surface area contributed by atoms with Crippen molar-refractivity contribution < 1.29 is 18.7 Å². The van der Waals surface area contributed by atoms with Crippen molar-refractivity contribution in [1.29, 1.82) is 0 Å². The first kappa shape index (κ1) is 23.1. The van der Waals surface area contributed by atoms with Crippen LogP contribution in [-0.2, 0) is 22.6 Å². The molecule has 168 valence electrons. The Morgan fingerprint density at radius 1 is 0.938 bits per heavy atom. The number of carbonyl (C=O) groups excluding carboxylic acids is 2. The lowest BCUT2D eigenvalue weighted by Crippen LogP contribution is -2.45. The maximum absolute atomic E-state index is 13.3. The number of ether oxygens (including phenoxy) is 1. The molecular weight excluding hydrogens is 406 g/mol. The van der Waals surface area contributed by atoms with Crippen molar-refractivity contribution in [2.24, 2.45) is 0 Å². The standard InChI is InChI=1S/C25H29N3O4/c1-20-10-12-22(13-11-20)26-25(30)27(14-16-31-2)19-24(29)28(18-23-9-6-15-32-23)17-21-7-4-3-5-8-21/h3-13,15H,14,16-19H2,1-2H3,(H,26,30). The number of hydrogen-bond acceptors (Lipinski definition) is 4. The van der Waals surface area contributed by atoms with Gasteiger partial charge >= 0.3 is 6.03 Å². The van der Waals surface area contributed by atoms with E-state index in [2.05, 4.69) is 5.32 Å². The number of hydrogen-bond donors (Lipinski definition) is 1. The van der Waals surface area contributed by atoms with Gasteiger partial charge in [0.05, 0.1) is 19.4 Å². The summed E-state index contributed by atoms with van der Waals surface area (Å²) in [6.07, 6.45) is 1.58. The molecule has 0 aliphatic rings. The minimum absolute atomic E-state index is 0.0748. The highest BCUT2D eigenvalue weighted by Gasteiger charge is 2.22. The topological polar surface area (TPSA) is 75.0 Å². The largest absolute Gasteiger partial charge is 0.467 e. The van der Waals surface area contributed by atoms with Crippen LogP contribution in [0.5, 0.6) is 0 Å². The molecule has 2 aromatic carbocycles. The number of rotatable bonds is 10. The van der Waals surface area contributed by atoms with Gasteiger partial charge in [-0.05, 0) is 36.8 Å². The summed E-state index contributed by atoms with van der Waals surface area (Å²) in [6, 6.07) is 20.5. The first-order valence-corrected chi connectivity index (χ1v) is 10.5. The Morgan fingerprint density at radius 3 is 2.34 bits per heavy atom. The summed E-state index contributed by atoms with van der Waals surface area (Å²) < 4.78 is 10.6. The van der Waals surface area contributed by atoms with Gasteiger partial charge < -0.3 is 24.3 Å². The van der Waals surface area contributed by atoms with Crippen LogP contribution in [0.1, 0.15) is 16.9 Å². The third-order valence-corrected chi connectivity index (χ3v) is 4.98. The number of aryl methyl sites for hydroxylation is 1. The Morgan fingerprint density at radius 2 is 1.69 bits per heavy atom. The molecule has 1 N–H and O–H groups in total. The minimum atomic E-state index is -0.350. The number of nitrogens with zero attached hydrogens (tertiary/aromatic N) is 2. The van der Waals surface area contributed by atoms with E-state index in [1.54, 1.807) is 24.3 Å². The number of amides is 3. The van der Waals surface area contributed by atoms with Gasteiger partial charge in [0.1, 0.15) is 12.3 Å². The maximum atomic E-state index is 13.3. The molecule has 3 rings (SSSR count). The zero-order valence-electron chi connectivity index (χ0n) is 18.5. The minimum Gasteiger partial charge on any atom is -0.467 e. The summed E-state index contributed by atoms with van der Waals surface area (Å²) in [5, 5.41) is 2.86. The van der Waals surface area contributed by atoms with Crippen LogP contribution in [0.2, 0.25) is 0 Å². The lowest BCUT2D eigenvalue weighted by atomic mass is 10.2. The average molecular weight is 436 g/mol. The quantitative estimate of drug-likeness (QED) is 0.515. The lowest BCUT2D eigenvalue weighted by Gasteiger charge is -2.27. The van der Waals surface area contributed by atoms with Gasteiger partial charge in [-0.15, -0.1) is 0 Å². The molecule has 0 aliphatic carbocycles. The number of anilines is 1. The van der Waals surface area contributed by atoms with E-state index in [1.165, 1.54) is 4.90 Å². The van der Waals surface area contributed by atoms with Crippen molar-refractivity contribution in [3.8, 4) is 0 Å². The molecule has 1 heterocycles. The van der Waals surface area contributed by atoms with Crippen molar-refractivity contribution in [1.82, 2.24) is 9.80 Å². The molecule has 0 unspecified atom stereocenters. The van der Waals surface area contributed by atoms with Crippen LogP contribution in [0.15, 0.2) is 77.4 Å². The van der Waals surface area contributed by atoms with Crippen molar-refractivity contribution >= 4 is 17.6 Å². The molecule has 0 atom stereocenters. The molecule has 0 spiro atoms. The number of nitrogens with one attached hydrogen (secondary N) is 1. The lowest BCUT2D eigenvalue weighted by molar-refractivity contribution is -0.133. The molecule has 3 amide bonds. The molecule has 0 bridgehead atoms. The molecule has 0 fully saturated rings. The summed E-state index contributed by atoms with van der Waals surface area (Å²) in [5.41, 5.74) is 2.77. The van der Waals surface area contributed by atoms with Crippen LogP contribution in [0, 0.1) is 6.92 Å². The van der Waals surface area contributed by atoms with E-state index in [-0.39, 0.29) is 18.5 Å². The first-order chi connectivity index (χ1) is 15.5. The number of benzene rings is 2. The van der Waals surface area contributed by atoms with Crippen molar-refractivity contribution in [2.75, 3.05) is 32.1 Å². The summed E-state index contributed by atoms with van der Waals surface area (Å²) in [5.74, 6) is 0.502. The van der Waals surface area contributed by atoms with Crippen molar-refractivity contribution in [3.63, 3.8) is 0 Å². The van der Waals surface area contributed by atoms with Crippen LogP contribution in [0.25, 0.3) is 0 Å². The summed E-state index contributed by atoms with van der Waals surface area (Å²) in [7, 11) is 1.57. The van der Waals surface area contributed by atoms with Crippen LogP contribution in [0.4, 0.5) is 10.5 Å². The third-order valence-electron chi connectivity index (χ3n) is 4.98. The van der Waals surface area contributed by atoms with Crippen molar-refractivity contribution in [2.45, 2.75) is 20.0 Å². The van der Waals surface area contributed by atoms with E-state index in [0.29, 0.717) is 37.7 Å². The zero-order chi connectivity index (χ0) is 22.8. The second kappa shape index (κ2) is 11.7. The predicted octanol–water partition coefficient (Wildman–Crippen LogP) is 4.30. The van der Waals surface area contributed by atoms with Gasteiger partial charge in [-0.3, -0.25) is 4.79 Å². The van der Waals surface area contributed by atoms with Gasteiger partial charge in [0, 0.05) is 25.9 Å². The Bertz CT molecular complexity index is 972. The Hall–Kier alpha value is -3.58. The Labute approximate surface area is 188 Å². The van der Waals surface area contributed by atoms with Gasteiger partial charge in [-0.25, -0.2) is 4.79 Å². The highest BCUT2D eigenvalue weighted by Crippen LogP contribution is 2.13. The molecule has 0 aliphatic heterocycles. The van der Waals surface area contributed by atoms with Crippen molar-refractivity contribution in [3.05, 3.63) is 89.9 Å². The summed E-state index contributed by atoms with van der Waals surface area (Å²) in [4.78, 5) is 29.3. The fourth-order valence-electron chi connectivity index (χ4n) is 3.18. The van der Waals surface area contributed by atoms with E-state index < -0.39 is 0 Å². The molecule has 7 nitrogen and oxygen atoms in total. The van der Waals surface area contributed by atoms with Gasteiger partial charge in [0.15, 0.2) is 0 Å². The van der Waals surface area contributed by atoms with Crippen LogP contribution >= 0.6 is 0 Å². The van der Waals surface area contributed by atoms with E-state index in [9.17, 15) is 9.59 Å². The molecule has 3 aromatic rings. The van der Waals surface area contributed by atoms with Gasteiger partial charge in [-0.2, -0.15) is 0 Å². The van der Waals surface area contributed by atoms with Gasteiger partial charge in [0.2, 0.25) is 5.91 Å². The molecule has 0 saturated heterocycles. The number of methoxy groups -OCH3 is 1.